The number of amides is 2. The van der Waals surface area contributed by atoms with Crippen molar-refractivity contribution in [3.63, 3.8) is 0 Å². The summed E-state index contributed by atoms with van der Waals surface area (Å²) in [5, 5.41) is 0.828. The van der Waals surface area contributed by atoms with E-state index in [1.165, 1.54) is 0 Å². The summed E-state index contributed by atoms with van der Waals surface area (Å²) in [5.41, 5.74) is 6.19. The molecule has 7 heteroatoms. The Morgan fingerprint density at radius 2 is 1.88 bits per heavy atom. The van der Waals surface area contributed by atoms with E-state index in [2.05, 4.69) is 0 Å². The van der Waals surface area contributed by atoms with Crippen molar-refractivity contribution in [2.75, 3.05) is 19.6 Å². The molecular weight excluding hydrogens is 361 g/mol. The van der Waals surface area contributed by atoms with Crippen LogP contribution in [0.3, 0.4) is 0 Å². The molecule has 2 aliphatic heterocycles. The predicted octanol–water partition coefficient (Wildman–Crippen LogP) is 2.79. The molecule has 0 aromatic heterocycles. The number of carbonyl (C=O) groups is 2. The molecule has 3 rings (SSSR count). The molecule has 0 bridgehead atoms. The number of rotatable bonds is 3. The lowest BCUT2D eigenvalue weighted by Gasteiger charge is -2.30. The van der Waals surface area contributed by atoms with Crippen LogP contribution < -0.4 is 5.73 Å². The van der Waals surface area contributed by atoms with Gasteiger partial charge in [0, 0.05) is 34.7 Å². The molecule has 2 aliphatic rings. The van der Waals surface area contributed by atoms with Crippen LogP contribution in [0.2, 0.25) is 10.0 Å². The maximum Gasteiger partial charge on any atom is 0.254 e. The van der Waals surface area contributed by atoms with Crippen LogP contribution in [-0.4, -0.2) is 53.3 Å². The van der Waals surface area contributed by atoms with Crippen LogP contribution in [0.25, 0.3) is 0 Å². The summed E-state index contributed by atoms with van der Waals surface area (Å²) in [6.07, 6.45) is 2.43. The van der Waals surface area contributed by atoms with Gasteiger partial charge in [0.15, 0.2) is 0 Å². The maximum atomic E-state index is 13.0. The average Bonchev–Trinajstić information content (AvgIpc) is 3.19. The highest BCUT2D eigenvalue weighted by Crippen LogP contribution is 2.29. The Balaban J connectivity index is 1.78. The molecule has 25 heavy (non-hydrogen) atoms. The molecule has 2 N–H and O–H groups in total. The molecule has 2 fully saturated rings. The highest BCUT2D eigenvalue weighted by Gasteiger charge is 2.41. The second-order valence-electron chi connectivity index (χ2n) is 6.99. The van der Waals surface area contributed by atoms with E-state index in [1.54, 1.807) is 23.1 Å². The van der Waals surface area contributed by atoms with Gasteiger partial charge < -0.3 is 15.5 Å². The predicted molar refractivity (Wildman–Crippen MR) is 98.9 cm³/mol. The molecule has 2 heterocycles. The monoisotopic (exact) mass is 383 g/mol. The van der Waals surface area contributed by atoms with Gasteiger partial charge in [0.1, 0.15) is 6.04 Å². The molecule has 5 nitrogen and oxygen atoms in total. The van der Waals surface area contributed by atoms with Gasteiger partial charge in [-0.15, -0.1) is 0 Å². The van der Waals surface area contributed by atoms with Crippen molar-refractivity contribution < 1.29 is 9.59 Å². The van der Waals surface area contributed by atoms with E-state index < -0.39 is 6.04 Å². The number of nitrogens with two attached hydrogens (primary N) is 1. The normalized spacial score (nSPS) is 26.3. The van der Waals surface area contributed by atoms with Gasteiger partial charge in [0.2, 0.25) is 5.91 Å². The number of hydrogen-bond acceptors (Lipinski definition) is 3. The Kier molecular flexibility index (Phi) is 5.56. The van der Waals surface area contributed by atoms with Gasteiger partial charge in [-0.1, -0.05) is 23.2 Å². The first-order valence-electron chi connectivity index (χ1n) is 8.68. The lowest BCUT2D eigenvalue weighted by Crippen LogP contribution is -2.49. The number of halogens is 2. The molecule has 0 aliphatic carbocycles. The molecule has 3 atom stereocenters. The van der Waals surface area contributed by atoms with Crippen molar-refractivity contribution in [1.82, 2.24) is 9.80 Å². The summed E-state index contributed by atoms with van der Waals surface area (Å²) in [6, 6.07) is 4.53. The summed E-state index contributed by atoms with van der Waals surface area (Å²) >= 11 is 12.0. The van der Waals surface area contributed by atoms with Crippen LogP contribution in [0, 0.1) is 5.92 Å². The second kappa shape index (κ2) is 7.52. The molecule has 2 saturated heterocycles. The van der Waals surface area contributed by atoms with Crippen molar-refractivity contribution in [1.29, 1.82) is 0 Å². The Bertz CT molecular complexity index is 662. The molecule has 136 valence electrons. The van der Waals surface area contributed by atoms with Crippen LogP contribution in [0.4, 0.5) is 0 Å². The lowest BCUT2D eigenvalue weighted by molar-refractivity contribution is -0.135. The molecule has 1 aromatic rings. The van der Waals surface area contributed by atoms with Crippen LogP contribution >= 0.6 is 23.2 Å². The minimum Gasteiger partial charge on any atom is -0.338 e. The van der Waals surface area contributed by atoms with Crippen molar-refractivity contribution in [3.05, 3.63) is 33.8 Å². The minimum absolute atomic E-state index is 0.0300. The van der Waals surface area contributed by atoms with E-state index in [4.69, 9.17) is 28.9 Å². The van der Waals surface area contributed by atoms with Crippen LogP contribution in [0.1, 0.15) is 36.5 Å². The van der Waals surface area contributed by atoms with Gasteiger partial charge >= 0.3 is 0 Å². The summed E-state index contributed by atoms with van der Waals surface area (Å²) in [5.74, 6) is 0.182. The van der Waals surface area contributed by atoms with E-state index in [0.29, 0.717) is 47.6 Å². The average molecular weight is 384 g/mol. The van der Waals surface area contributed by atoms with E-state index in [1.807, 2.05) is 11.8 Å². The number of carbonyl (C=O) groups excluding carboxylic acids is 2. The topological polar surface area (TPSA) is 66.6 Å². The minimum atomic E-state index is -0.413. The Hall–Kier alpha value is -1.30. The highest BCUT2D eigenvalue weighted by molar-refractivity contribution is 6.35. The van der Waals surface area contributed by atoms with Crippen molar-refractivity contribution in [3.8, 4) is 0 Å². The molecule has 1 aromatic carbocycles. The van der Waals surface area contributed by atoms with Crippen LogP contribution in [-0.2, 0) is 4.79 Å². The fourth-order valence-corrected chi connectivity index (χ4v) is 4.45. The Labute approximate surface area is 158 Å². The number of nitrogens with zero attached hydrogens (tertiary/aromatic N) is 2. The third kappa shape index (κ3) is 3.78. The maximum absolute atomic E-state index is 13.0. The zero-order chi connectivity index (χ0) is 18.1. The molecule has 0 saturated carbocycles. The number of likely N-dealkylation sites (tertiary alicyclic amines) is 2. The van der Waals surface area contributed by atoms with Crippen molar-refractivity contribution >= 4 is 35.0 Å². The number of benzene rings is 1. The standard InChI is InChI=1S/C18H23Cl2N3O2/c1-11-5-12(9-21)10-23(11)18(25)16-3-2-4-22(16)17(24)13-6-14(19)8-15(20)7-13/h6-8,11-12,16H,2-5,9-10,21H2,1H3. The second-order valence-corrected chi connectivity index (χ2v) is 7.86. The highest BCUT2D eigenvalue weighted by atomic mass is 35.5. The Morgan fingerprint density at radius 1 is 1.20 bits per heavy atom. The van der Waals surface area contributed by atoms with Crippen molar-refractivity contribution in [2.24, 2.45) is 11.7 Å². The summed E-state index contributed by atoms with van der Waals surface area (Å²) in [4.78, 5) is 29.5. The lowest BCUT2D eigenvalue weighted by atomic mass is 10.1. The number of hydrogen-bond donors (Lipinski definition) is 1. The third-order valence-corrected chi connectivity index (χ3v) is 5.62. The van der Waals surface area contributed by atoms with Gasteiger partial charge in [-0.25, -0.2) is 0 Å². The molecule has 0 radical (unpaired) electrons. The van der Waals surface area contributed by atoms with E-state index in [9.17, 15) is 9.59 Å². The summed E-state index contributed by atoms with van der Waals surface area (Å²) in [7, 11) is 0. The summed E-state index contributed by atoms with van der Waals surface area (Å²) < 4.78 is 0. The van der Waals surface area contributed by atoms with Crippen LogP contribution in [0.15, 0.2) is 18.2 Å². The fourth-order valence-electron chi connectivity index (χ4n) is 3.92. The van der Waals surface area contributed by atoms with Gasteiger partial charge in [-0.05, 0) is 56.8 Å². The third-order valence-electron chi connectivity index (χ3n) is 5.19. The van der Waals surface area contributed by atoms with Gasteiger partial charge in [-0.2, -0.15) is 0 Å². The van der Waals surface area contributed by atoms with Crippen molar-refractivity contribution in [2.45, 2.75) is 38.3 Å². The molecule has 3 unspecified atom stereocenters. The van der Waals surface area contributed by atoms with Gasteiger partial charge in [0.25, 0.3) is 5.91 Å². The van der Waals surface area contributed by atoms with E-state index in [-0.39, 0.29) is 17.9 Å². The first-order chi connectivity index (χ1) is 11.9. The Morgan fingerprint density at radius 3 is 2.48 bits per heavy atom. The zero-order valence-corrected chi connectivity index (χ0v) is 15.8. The van der Waals surface area contributed by atoms with E-state index >= 15 is 0 Å². The first-order valence-corrected chi connectivity index (χ1v) is 9.44. The molecular formula is C18H23Cl2N3O2. The van der Waals surface area contributed by atoms with Gasteiger partial charge in [-0.3, -0.25) is 9.59 Å². The molecule has 0 spiro atoms. The zero-order valence-electron chi connectivity index (χ0n) is 14.3. The largest absolute Gasteiger partial charge is 0.338 e. The fraction of sp³-hybridized carbons (Fsp3) is 0.556. The first kappa shape index (κ1) is 18.5. The van der Waals surface area contributed by atoms with Gasteiger partial charge in [0.05, 0.1) is 0 Å². The molecule has 2 amide bonds. The smallest absolute Gasteiger partial charge is 0.254 e. The van der Waals surface area contributed by atoms with Crippen LogP contribution in [0.5, 0.6) is 0 Å². The quantitative estimate of drug-likeness (QED) is 0.872. The summed E-state index contributed by atoms with van der Waals surface area (Å²) in [6.45, 7) is 3.88. The SMILES string of the molecule is CC1CC(CN)CN1C(=O)C1CCCN1C(=O)c1cc(Cl)cc(Cl)c1. The van der Waals surface area contributed by atoms with E-state index in [0.717, 1.165) is 12.8 Å².